The third kappa shape index (κ3) is 7.61. The Kier molecular flexibility index (Phi) is 7.93. The summed E-state index contributed by atoms with van der Waals surface area (Å²) < 4.78 is 0. The molecule has 0 aromatic rings. The van der Waals surface area contributed by atoms with Gasteiger partial charge in [0.1, 0.15) is 0 Å². The maximum atomic E-state index is 8.56. The van der Waals surface area contributed by atoms with Crippen molar-refractivity contribution in [2.75, 3.05) is 0 Å². The van der Waals surface area contributed by atoms with Crippen molar-refractivity contribution in [2.45, 2.75) is 39.5 Å². The van der Waals surface area contributed by atoms with Gasteiger partial charge in [-0.25, -0.2) is 0 Å². The van der Waals surface area contributed by atoms with E-state index in [4.69, 9.17) is 5.26 Å². The van der Waals surface area contributed by atoms with Gasteiger partial charge in [-0.2, -0.15) is 5.26 Å². The highest BCUT2D eigenvalue weighted by molar-refractivity contribution is 4.87. The fraction of sp³-hybridized carbons (Fsp3) is 0.615. The highest BCUT2D eigenvalue weighted by atomic mass is 14.2. The largest absolute Gasteiger partial charge is 0.198 e. The Balaban J connectivity index is 3.37. The van der Waals surface area contributed by atoms with E-state index in [-0.39, 0.29) is 5.92 Å². The average molecular weight is 191 g/mol. The summed E-state index contributed by atoms with van der Waals surface area (Å²) in [5.74, 6) is 0.796. The summed E-state index contributed by atoms with van der Waals surface area (Å²) in [5, 5.41) is 8.56. The molecule has 78 valence electrons. The van der Waals surface area contributed by atoms with Gasteiger partial charge < -0.3 is 0 Å². The predicted molar refractivity (Wildman–Crippen MR) is 61.7 cm³/mol. The van der Waals surface area contributed by atoms with Crippen LogP contribution in [0, 0.1) is 23.2 Å². The molecule has 0 rings (SSSR count). The van der Waals surface area contributed by atoms with Crippen molar-refractivity contribution in [3.05, 3.63) is 24.8 Å². The van der Waals surface area contributed by atoms with Crippen LogP contribution in [0.1, 0.15) is 39.5 Å². The molecule has 0 N–H and O–H groups in total. The van der Waals surface area contributed by atoms with Gasteiger partial charge in [0.15, 0.2) is 0 Å². The van der Waals surface area contributed by atoms with Gasteiger partial charge in [-0.1, -0.05) is 25.2 Å². The highest BCUT2D eigenvalue weighted by Gasteiger charge is 1.96. The van der Waals surface area contributed by atoms with Gasteiger partial charge in [0.2, 0.25) is 0 Å². The fourth-order valence-electron chi connectivity index (χ4n) is 1.12. The summed E-state index contributed by atoms with van der Waals surface area (Å²) in [6.07, 6.45) is 10.7. The van der Waals surface area contributed by atoms with Gasteiger partial charge in [0.05, 0.1) is 6.07 Å². The van der Waals surface area contributed by atoms with E-state index in [9.17, 15) is 0 Å². The van der Waals surface area contributed by atoms with Crippen LogP contribution in [0.15, 0.2) is 24.8 Å². The molecular weight excluding hydrogens is 170 g/mol. The van der Waals surface area contributed by atoms with E-state index in [0.29, 0.717) is 5.92 Å². The van der Waals surface area contributed by atoms with Crippen LogP contribution in [0.4, 0.5) is 0 Å². The van der Waals surface area contributed by atoms with Crippen molar-refractivity contribution in [2.24, 2.45) is 11.8 Å². The lowest BCUT2D eigenvalue weighted by Gasteiger charge is -2.01. The zero-order chi connectivity index (χ0) is 10.8. The van der Waals surface area contributed by atoms with Gasteiger partial charge in [0, 0.05) is 5.92 Å². The second kappa shape index (κ2) is 8.56. The van der Waals surface area contributed by atoms with Crippen LogP contribution in [-0.4, -0.2) is 0 Å². The minimum Gasteiger partial charge on any atom is -0.198 e. The molecule has 0 fully saturated rings. The minimum absolute atomic E-state index is 0.187. The molecule has 0 aliphatic rings. The Morgan fingerprint density at radius 1 is 1.21 bits per heavy atom. The topological polar surface area (TPSA) is 23.8 Å². The van der Waals surface area contributed by atoms with Crippen molar-refractivity contribution in [1.82, 2.24) is 0 Å². The third-order valence-electron chi connectivity index (χ3n) is 2.34. The number of nitriles is 1. The molecule has 14 heavy (non-hydrogen) atoms. The number of allylic oxidation sites excluding steroid dienone is 3. The Bertz CT molecular complexity index is 210. The van der Waals surface area contributed by atoms with Crippen molar-refractivity contribution in [3.63, 3.8) is 0 Å². The molecule has 0 aromatic heterocycles. The highest BCUT2D eigenvalue weighted by Crippen LogP contribution is 2.08. The van der Waals surface area contributed by atoms with Crippen molar-refractivity contribution < 1.29 is 0 Å². The summed E-state index contributed by atoms with van der Waals surface area (Å²) >= 11 is 0. The molecule has 2 unspecified atom stereocenters. The standard InChI is InChI=1S/C13H21N/c1-4-12(2)9-7-5-6-8-10-13(3)11-14/h4-6,12-13H,1,7-10H2,2-3H3/b6-5+. The number of rotatable bonds is 7. The summed E-state index contributed by atoms with van der Waals surface area (Å²) in [6, 6.07) is 2.24. The molecule has 0 amide bonds. The molecule has 1 heteroatoms. The molecule has 0 aliphatic heterocycles. The molecule has 0 saturated carbocycles. The van der Waals surface area contributed by atoms with Crippen LogP contribution < -0.4 is 0 Å². The van der Waals surface area contributed by atoms with Gasteiger partial charge in [-0.05, 0) is 38.5 Å². The van der Waals surface area contributed by atoms with Crippen molar-refractivity contribution in [3.8, 4) is 6.07 Å². The zero-order valence-corrected chi connectivity index (χ0v) is 9.37. The molecule has 0 saturated heterocycles. The number of hydrogen-bond donors (Lipinski definition) is 0. The van der Waals surface area contributed by atoms with E-state index in [2.05, 4.69) is 31.7 Å². The smallest absolute Gasteiger partial charge is 0.0652 e. The van der Waals surface area contributed by atoms with E-state index in [1.807, 2.05) is 13.0 Å². The maximum Gasteiger partial charge on any atom is 0.0652 e. The quantitative estimate of drug-likeness (QED) is 0.556. The van der Waals surface area contributed by atoms with Crippen LogP contribution in [0.5, 0.6) is 0 Å². The first-order chi connectivity index (χ1) is 6.70. The average Bonchev–Trinajstić information content (AvgIpc) is 2.22. The lowest BCUT2D eigenvalue weighted by Crippen LogP contribution is -1.88. The normalized spacial score (nSPS) is 14.9. The predicted octanol–water partition coefficient (Wildman–Crippen LogP) is 4.08. The minimum atomic E-state index is 0.187. The van der Waals surface area contributed by atoms with Gasteiger partial charge in [-0.15, -0.1) is 6.58 Å². The van der Waals surface area contributed by atoms with Crippen LogP contribution in [0.3, 0.4) is 0 Å². The molecule has 0 bridgehead atoms. The summed E-state index contributed by atoms with van der Waals surface area (Å²) in [7, 11) is 0. The lowest BCUT2D eigenvalue weighted by molar-refractivity contribution is 0.651. The number of hydrogen-bond acceptors (Lipinski definition) is 1. The monoisotopic (exact) mass is 191 g/mol. The summed E-state index contributed by atoms with van der Waals surface area (Å²) in [4.78, 5) is 0. The first kappa shape index (κ1) is 13.0. The molecule has 0 spiro atoms. The van der Waals surface area contributed by atoms with E-state index < -0.39 is 0 Å². The number of nitrogens with zero attached hydrogens (tertiary/aromatic N) is 1. The molecule has 0 aromatic carbocycles. The summed E-state index contributed by atoms with van der Waals surface area (Å²) in [6.45, 7) is 7.89. The Morgan fingerprint density at radius 2 is 1.79 bits per heavy atom. The van der Waals surface area contributed by atoms with E-state index >= 15 is 0 Å². The van der Waals surface area contributed by atoms with Gasteiger partial charge >= 0.3 is 0 Å². The second-order valence-corrected chi connectivity index (χ2v) is 3.87. The third-order valence-corrected chi connectivity index (χ3v) is 2.34. The molecular formula is C13H21N. The SMILES string of the molecule is C=CC(C)CC/C=C/CCC(C)C#N. The fourth-order valence-corrected chi connectivity index (χ4v) is 1.12. The summed E-state index contributed by atoms with van der Waals surface area (Å²) in [5.41, 5.74) is 0. The van der Waals surface area contributed by atoms with Crippen LogP contribution in [-0.2, 0) is 0 Å². The van der Waals surface area contributed by atoms with E-state index in [0.717, 1.165) is 19.3 Å². The zero-order valence-electron chi connectivity index (χ0n) is 9.37. The maximum absolute atomic E-state index is 8.56. The Morgan fingerprint density at radius 3 is 2.29 bits per heavy atom. The molecule has 0 radical (unpaired) electrons. The Labute approximate surface area is 88.1 Å². The first-order valence-electron chi connectivity index (χ1n) is 5.37. The van der Waals surface area contributed by atoms with Crippen LogP contribution in [0.2, 0.25) is 0 Å². The lowest BCUT2D eigenvalue weighted by atomic mass is 10.0. The van der Waals surface area contributed by atoms with Crippen molar-refractivity contribution >= 4 is 0 Å². The molecule has 2 atom stereocenters. The van der Waals surface area contributed by atoms with Crippen LogP contribution in [0.25, 0.3) is 0 Å². The van der Waals surface area contributed by atoms with Crippen LogP contribution >= 0.6 is 0 Å². The van der Waals surface area contributed by atoms with Gasteiger partial charge in [0.25, 0.3) is 0 Å². The molecule has 1 nitrogen and oxygen atoms in total. The van der Waals surface area contributed by atoms with E-state index in [1.165, 1.54) is 6.42 Å². The first-order valence-corrected chi connectivity index (χ1v) is 5.37. The van der Waals surface area contributed by atoms with E-state index in [1.54, 1.807) is 0 Å². The molecule has 0 aliphatic carbocycles. The van der Waals surface area contributed by atoms with Crippen molar-refractivity contribution in [1.29, 1.82) is 5.26 Å². The molecule has 0 heterocycles. The van der Waals surface area contributed by atoms with Gasteiger partial charge in [-0.3, -0.25) is 0 Å². The Hall–Kier alpha value is -1.03. The second-order valence-electron chi connectivity index (χ2n) is 3.87.